The van der Waals surface area contributed by atoms with Crippen LogP contribution in [0.4, 0.5) is 0 Å². The second-order valence-electron chi connectivity index (χ2n) is 6.72. The Balaban J connectivity index is 2.48. The van der Waals surface area contributed by atoms with E-state index in [0.29, 0.717) is 25.3 Å². The predicted molar refractivity (Wildman–Crippen MR) is 72.0 cm³/mol. The third-order valence-corrected chi connectivity index (χ3v) is 3.12. The second kappa shape index (κ2) is 5.29. The fraction of sp³-hybridized carbons (Fsp3) is 0.857. The van der Waals surface area contributed by atoms with Crippen molar-refractivity contribution >= 4 is 11.8 Å². The molecule has 1 fully saturated rings. The van der Waals surface area contributed by atoms with E-state index in [1.165, 1.54) is 0 Å². The summed E-state index contributed by atoms with van der Waals surface area (Å²) in [6.45, 7) is 10.7. The molecule has 0 spiro atoms. The van der Waals surface area contributed by atoms with Gasteiger partial charge in [0.05, 0.1) is 0 Å². The van der Waals surface area contributed by atoms with E-state index in [0.717, 1.165) is 6.42 Å². The summed E-state index contributed by atoms with van der Waals surface area (Å²) in [5, 5.41) is 5.79. The molecule has 1 aliphatic rings. The van der Waals surface area contributed by atoms with Gasteiger partial charge in [-0.2, -0.15) is 0 Å². The summed E-state index contributed by atoms with van der Waals surface area (Å²) in [5.41, 5.74) is -1.07. The number of hydrogen-bond donors (Lipinski definition) is 2. The molecule has 0 aliphatic heterocycles. The molecule has 0 unspecified atom stereocenters. The molecular formula is C14H26N2O2. The van der Waals surface area contributed by atoms with Gasteiger partial charge in [0.1, 0.15) is 5.41 Å². The van der Waals surface area contributed by atoms with Gasteiger partial charge in [0.25, 0.3) is 0 Å². The van der Waals surface area contributed by atoms with E-state index < -0.39 is 5.41 Å². The van der Waals surface area contributed by atoms with Crippen LogP contribution in [0.15, 0.2) is 0 Å². The summed E-state index contributed by atoms with van der Waals surface area (Å²) in [4.78, 5) is 24.2. The first kappa shape index (κ1) is 15.0. The Morgan fingerprint density at radius 1 is 1.17 bits per heavy atom. The van der Waals surface area contributed by atoms with Crippen LogP contribution >= 0.6 is 0 Å². The van der Waals surface area contributed by atoms with Crippen LogP contribution in [0.1, 0.15) is 53.9 Å². The number of amides is 2. The lowest BCUT2D eigenvalue weighted by molar-refractivity contribution is -0.138. The molecule has 0 atom stereocenters. The predicted octanol–water partition coefficient (Wildman–Crippen LogP) is 1.84. The number of rotatable bonds is 5. The minimum Gasteiger partial charge on any atom is -0.355 e. The smallest absolute Gasteiger partial charge is 0.236 e. The van der Waals surface area contributed by atoms with E-state index in [1.54, 1.807) is 0 Å². The summed E-state index contributed by atoms with van der Waals surface area (Å²) in [6.07, 6.45) is 2.29. The van der Waals surface area contributed by atoms with Crippen LogP contribution < -0.4 is 10.6 Å². The van der Waals surface area contributed by atoms with Crippen molar-refractivity contribution in [3.63, 3.8) is 0 Å². The molecule has 2 amide bonds. The lowest BCUT2D eigenvalue weighted by Crippen LogP contribution is -2.49. The fourth-order valence-electron chi connectivity index (χ4n) is 1.79. The Bertz CT molecular complexity index is 325. The highest BCUT2D eigenvalue weighted by Gasteiger charge is 2.56. The van der Waals surface area contributed by atoms with Gasteiger partial charge >= 0.3 is 0 Å². The Labute approximate surface area is 110 Å². The van der Waals surface area contributed by atoms with Crippen molar-refractivity contribution in [1.29, 1.82) is 0 Å². The zero-order valence-electron chi connectivity index (χ0n) is 12.2. The molecule has 1 saturated carbocycles. The van der Waals surface area contributed by atoms with Gasteiger partial charge in [-0.3, -0.25) is 9.59 Å². The maximum Gasteiger partial charge on any atom is 0.236 e. The van der Waals surface area contributed by atoms with Crippen LogP contribution in [0.25, 0.3) is 0 Å². The quantitative estimate of drug-likeness (QED) is 0.736. The van der Waals surface area contributed by atoms with Crippen LogP contribution in [-0.2, 0) is 9.59 Å². The molecule has 0 aromatic heterocycles. The van der Waals surface area contributed by atoms with E-state index in [9.17, 15) is 9.59 Å². The van der Waals surface area contributed by atoms with Gasteiger partial charge in [0.2, 0.25) is 11.8 Å². The van der Waals surface area contributed by atoms with Gasteiger partial charge < -0.3 is 10.6 Å². The molecule has 18 heavy (non-hydrogen) atoms. The number of carbonyl (C=O) groups excluding carboxylic acids is 2. The standard InChI is InChI=1S/C14H26N2O2/c1-10(2)6-9-15-11(17)14(7-8-14)12(18)16-13(3,4)5/h10H,6-9H2,1-5H3,(H,15,17)(H,16,18). The lowest BCUT2D eigenvalue weighted by Gasteiger charge is -2.24. The van der Waals surface area contributed by atoms with Crippen LogP contribution in [0, 0.1) is 11.3 Å². The summed E-state index contributed by atoms with van der Waals surface area (Å²) in [5.74, 6) is 0.325. The molecule has 0 saturated heterocycles. The van der Waals surface area contributed by atoms with Crippen molar-refractivity contribution in [2.45, 2.75) is 59.4 Å². The van der Waals surface area contributed by atoms with Gasteiger partial charge in [0.15, 0.2) is 0 Å². The minimum absolute atomic E-state index is 0.107. The van der Waals surface area contributed by atoms with E-state index in [2.05, 4.69) is 24.5 Å². The van der Waals surface area contributed by atoms with E-state index >= 15 is 0 Å². The maximum atomic E-state index is 12.1. The number of hydrogen-bond acceptors (Lipinski definition) is 2. The van der Waals surface area contributed by atoms with Crippen molar-refractivity contribution in [2.24, 2.45) is 11.3 Å². The molecule has 2 N–H and O–H groups in total. The van der Waals surface area contributed by atoms with E-state index in [4.69, 9.17) is 0 Å². The Hall–Kier alpha value is -1.06. The van der Waals surface area contributed by atoms with E-state index in [-0.39, 0.29) is 17.4 Å². The highest BCUT2D eigenvalue weighted by molar-refractivity contribution is 6.08. The number of carbonyl (C=O) groups is 2. The molecule has 0 bridgehead atoms. The zero-order valence-corrected chi connectivity index (χ0v) is 12.2. The van der Waals surface area contributed by atoms with Crippen molar-refractivity contribution in [3.8, 4) is 0 Å². The molecular weight excluding hydrogens is 228 g/mol. The molecule has 0 heterocycles. The lowest BCUT2D eigenvalue weighted by atomic mass is 10.0. The van der Waals surface area contributed by atoms with Crippen LogP contribution in [0.2, 0.25) is 0 Å². The molecule has 0 aromatic carbocycles. The highest BCUT2D eigenvalue weighted by Crippen LogP contribution is 2.46. The molecule has 104 valence electrons. The first-order chi connectivity index (χ1) is 8.17. The van der Waals surface area contributed by atoms with Gasteiger partial charge in [-0.15, -0.1) is 0 Å². The Morgan fingerprint density at radius 3 is 2.11 bits per heavy atom. The molecule has 4 nitrogen and oxygen atoms in total. The SMILES string of the molecule is CC(C)CCNC(=O)C1(C(=O)NC(C)(C)C)CC1. The van der Waals surface area contributed by atoms with Crippen molar-refractivity contribution < 1.29 is 9.59 Å². The third-order valence-electron chi connectivity index (χ3n) is 3.12. The topological polar surface area (TPSA) is 58.2 Å². The van der Waals surface area contributed by atoms with Crippen LogP contribution in [0.3, 0.4) is 0 Å². The Kier molecular flexibility index (Phi) is 4.41. The molecule has 1 rings (SSSR count). The van der Waals surface area contributed by atoms with Gasteiger partial charge in [-0.25, -0.2) is 0 Å². The minimum atomic E-state index is -0.787. The molecule has 1 aliphatic carbocycles. The van der Waals surface area contributed by atoms with Crippen molar-refractivity contribution in [3.05, 3.63) is 0 Å². The maximum absolute atomic E-state index is 12.1. The van der Waals surface area contributed by atoms with Gasteiger partial charge in [-0.05, 0) is 46.0 Å². The summed E-state index contributed by atoms with van der Waals surface area (Å²) >= 11 is 0. The first-order valence-electron chi connectivity index (χ1n) is 6.78. The van der Waals surface area contributed by atoms with Crippen molar-refractivity contribution in [2.75, 3.05) is 6.54 Å². The average Bonchev–Trinajstić information content (AvgIpc) is 2.94. The summed E-state index contributed by atoms with van der Waals surface area (Å²) in [7, 11) is 0. The largest absolute Gasteiger partial charge is 0.355 e. The molecule has 0 radical (unpaired) electrons. The monoisotopic (exact) mass is 254 g/mol. The second-order valence-corrected chi connectivity index (χ2v) is 6.72. The average molecular weight is 254 g/mol. The third kappa shape index (κ3) is 4.00. The van der Waals surface area contributed by atoms with Gasteiger partial charge in [-0.1, -0.05) is 13.8 Å². The fourth-order valence-corrected chi connectivity index (χ4v) is 1.79. The summed E-state index contributed by atoms with van der Waals surface area (Å²) in [6, 6.07) is 0. The van der Waals surface area contributed by atoms with Crippen LogP contribution in [0.5, 0.6) is 0 Å². The zero-order chi connectivity index (χ0) is 14.0. The van der Waals surface area contributed by atoms with Crippen LogP contribution in [-0.4, -0.2) is 23.9 Å². The molecule has 4 heteroatoms. The highest BCUT2D eigenvalue weighted by atomic mass is 16.2. The normalized spacial score (nSPS) is 17.4. The van der Waals surface area contributed by atoms with Crippen molar-refractivity contribution in [1.82, 2.24) is 10.6 Å². The van der Waals surface area contributed by atoms with Gasteiger partial charge in [0, 0.05) is 12.1 Å². The number of nitrogens with one attached hydrogen (secondary N) is 2. The Morgan fingerprint density at radius 2 is 1.72 bits per heavy atom. The summed E-state index contributed by atoms with van der Waals surface area (Å²) < 4.78 is 0. The first-order valence-corrected chi connectivity index (χ1v) is 6.78. The molecule has 0 aromatic rings. The van der Waals surface area contributed by atoms with E-state index in [1.807, 2.05) is 20.8 Å².